The normalized spacial score (nSPS) is 15.2. The fourth-order valence-electron chi connectivity index (χ4n) is 3.35. The number of carbonyl (C=O) groups is 4. The van der Waals surface area contributed by atoms with Crippen LogP contribution in [0, 0.1) is 16.7 Å². The van der Waals surface area contributed by atoms with E-state index in [4.69, 9.17) is 19.9 Å². The topological polar surface area (TPSA) is 142 Å². The van der Waals surface area contributed by atoms with Crippen molar-refractivity contribution in [3.05, 3.63) is 23.8 Å². The molecular formula is C28H43NO8. The van der Waals surface area contributed by atoms with Crippen LogP contribution in [0.3, 0.4) is 0 Å². The van der Waals surface area contributed by atoms with Crippen molar-refractivity contribution in [1.82, 2.24) is 0 Å². The average Bonchev–Trinajstić information content (AvgIpc) is 2.73. The molecule has 37 heavy (non-hydrogen) atoms. The van der Waals surface area contributed by atoms with Crippen LogP contribution < -0.4 is 15.2 Å². The number of hydrogen-bond acceptors (Lipinski definition) is 8. The van der Waals surface area contributed by atoms with Gasteiger partial charge in [-0.2, -0.15) is 0 Å². The second-order valence-corrected chi connectivity index (χ2v) is 11.8. The second kappa shape index (κ2) is 12.5. The van der Waals surface area contributed by atoms with Crippen molar-refractivity contribution in [2.24, 2.45) is 22.5 Å². The molecule has 1 aromatic rings. The maximum atomic E-state index is 12.6. The van der Waals surface area contributed by atoms with Gasteiger partial charge in [-0.05, 0) is 72.6 Å². The molecule has 0 radical (unpaired) electrons. The van der Waals surface area contributed by atoms with Gasteiger partial charge in [-0.3, -0.25) is 19.2 Å². The van der Waals surface area contributed by atoms with Crippen molar-refractivity contribution >= 4 is 23.9 Å². The summed E-state index contributed by atoms with van der Waals surface area (Å²) in [5.41, 5.74) is 3.32. The van der Waals surface area contributed by atoms with E-state index in [-0.39, 0.29) is 30.3 Å². The molecule has 3 atom stereocenters. The Labute approximate surface area is 220 Å². The summed E-state index contributed by atoms with van der Waals surface area (Å²) in [5, 5.41) is 9.93. The van der Waals surface area contributed by atoms with Gasteiger partial charge in [0.15, 0.2) is 11.5 Å². The van der Waals surface area contributed by atoms with Crippen molar-refractivity contribution in [3.63, 3.8) is 0 Å². The van der Waals surface area contributed by atoms with E-state index >= 15 is 0 Å². The van der Waals surface area contributed by atoms with Crippen molar-refractivity contribution in [2.45, 2.75) is 99.6 Å². The number of rotatable bonds is 11. The van der Waals surface area contributed by atoms with Crippen LogP contribution in [0.2, 0.25) is 0 Å². The quantitative estimate of drug-likeness (QED) is 0.314. The van der Waals surface area contributed by atoms with Gasteiger partial charge >= 0.3 is 23.9 Å². The number of ether oxygens (including phenoxy) is 3. The van der Waals surface area contributed by atoms with Gasteiger partial charge in [-0.25, -0.2) is 0 Å². The highest BCUT2D eigenvalue weighted by atomic mass is 16.6. The highest BCUT2D eigenvalue weighted by Crippen LogP contribution is 2.34. The van der Waals surface area contributed by atoms with E-state index in [2.05, 4.69) is 0 Å². The highest BCUT2D eigenvalue weighted by molar-refractivity contribution is 5.82. The number of esters is 3. The number of aliphatic carboxylic acids is 1. The number of carboxylic acids is 1. The molecule has 1 rings (SSSR count). The van der Waals surface area contributed by atoms with Crippen LogP contribution in [0.25, 0.3) is 0 Å². The summed E-state index contributed by atoms with van der Waals surface area (Å²) < 4.78 is 16.5. The van der Waals surface area contributed by atoms with Gasteiger partial charge in [0, 0.05) is 12.8 Å². The first-order valence-corrected chi connectivity index (χ1v) is 12.6. The third kappa shape index (κ3) is 9.80. The molecular weight excluding hydrogens is 478 g/mol. The van der Waals surface area contributed by atoms with Gasteiger partial charge < -0.3 is 25.1 Å². The van der Waals surface area contributed by atoms with Crippen molar-refractivity contribution in [1.29, 1.82) is 0 Å². The highest BCUT2D eigenvalue weighted by Gasteiger charge is 2.38. The van der Waals surface area contributed by atoms with Crippen LogP contribution in [0.15, 0.2) is 18.2 Å². The Hall–Kier alpha value is -2.94. The van der Waals surface area contributed by atoms with E-state index in [9.17, 15) is 24.3 Å². The zero-order chi connectivity index (χ0) is 28.8. The lowest BCUT2D eigenvalue weighted by molar-refractivity contribution is -0.156. The summed E-state index contributed by atoms with van der Waals surface area (Å²) in [4.78, 5) is 49.5. The molecule has 208 valence electrons. The van der Waals surface area contributed by atoms with Crippen LogP contribution >= 0.6 is 0 Å². The largest absolute Gasteiger partial charge is 0.480 e. The second-order valence-electron chi connectivity index (χ2n) is 11.8. The molecule has 9 nitrogen and oxygen atoms in total. The minimum Gasteiger partial charge on any atom is -0.480 e. The predicted octanol–water partition coefficient (Wildman–Crippen LogP) is 4.67. The van der Waals surface area contributed by atoms with E-state index in [1.807, 2.05) is 6.92 Å². The number of carboxylic acid groups (broad SMARTS) is 1. The third-order valence-corrected chi connectivity index (χ3v) is 5.68. The van der Waals surface area contributed by atoms with Crippen LogP contribution in [-0.4, -0.2) is 40.6 Å². The first-order valence-electron chi connectivity index (χ1n) is 12.6. The summed E-state index contributed by atoms with van der Waals surface area (Å²) in [6.07, 6.45) is 0.468. The van der Waals surface area contributed by atoms with Crippen LogP contribution in [0.1, 0.15) is 87.1 Å². The first kappa shape index (κ1) is 32.1. The summed E-state index contributed by atoms with van der Waals surface area (Å²) in [7, 11) is 0. The van der Waals surface area contributed by atoms with Crippen molar-refractivity contribution < 1.29 is 38.5 Å². The molecule has 0 aliphatic rings. The van der Waals surface area contributed by atoms with Crippen molar-refractivity contribution in [3.8, 4) is 11.5 Å². The zero-order valence-electron chi connectivity index (χ0n) is 23.6. The number of nitrogens with two attached hydrogens (primary N) is 1. The average molecular weight is 522 g/mol. The molecule has 0 amide bonds. The molecule has 0 saturated heterocycles. The zero-order valence-corrected chi connectivity index (χ0v) is 23.6. The Balaban J connectivity index is 3.26. The molecule has 0 saturated carbocycles. The van der Waals surface area contributed by atoms with E-state index in [1.54, 1.807) is 61.5 Å². The van der Waals surface area contributed by atoms with Crippen LogP contribution in [-0.2, 0) is 30.3 Å². The van der Waals surface area contributed by atoms with Gasteiger partial charge in [0.05, 0.1) is 16.7 Å². The molecule has 3 N–H and O–H groups in total. The van der Waals surface area contributed by atoms with E-state index in [0.29, 0.717) is 12.0 Å². The minimum atomic E-state index is -1.78. The SMILES string of the molecule is CCCC(C)C(=O)O[C@@H](C)CC(N)(Cc1ccc(OC(=O)C(C)(C)C)c(OC(=O)C(C)(C)C)c1)C(=O)O. The van der Waals surface area contributed by atoms with E-state index in [0.717, 1.165) is 6.42 Å². The molecule has 0 aliphatic carbocycles. The maximum Gasteiger partial charge on any atom is 0.324 e. The van der Waals surface area contributed by atoms with Gasteiger partial charge in [-0.15, -0.1) is 0 Å². The molecule has 0 spiro atoms. The van der Waals surface area contributed by atoms with Gasteiger partial charge in [0.1, 0.15) is 11.6 Å². The first-order chi connectivity index (χ1) is 16.8. The van der Waals surface area contributed by atoms with E-state index < -0.39 is 46.4 Å². The lowest BCUT2D eigenvalue weighted by Gasteiger charge is -2.29. The maximum absolute atomic E-state index is 12.6. The van der Waals surface area contributed by atoms with Gasteiger partial charge in [0.25, 0.3) is 0 Å². The number of benzene rings is 1. The smallest absolute Gasteiger partial charge is 0.324 e. The van der Waals surface area contributed by atoms with E-state index in [1.165, 1.54) is 12.1 Å². The Kier molecular flexibility index (Phi) is 10.9. The molecule has 0 fully saturated rings. The Morgan fingerprint density at radius 2 is 1.43 bits per heavy atom. The fourth-order valence-corrected chi connectivity index (χ4v) is 3.35. The molecule has 9 heteroatoms. The van der Waals surface area contributed by atoms with Crippen molar-refractivity contribution in [2.75, 3.05) is 0 Å². The predicted molar refractivity (Wildman–Crippen MR) is 139 cm³/mol. The third-order valence-electron chi connectivity index (χ3n) is 5.68. The standard InChI is InChI=1S/C28H43NO8/c1-10-11-17(2)22(30)35-18(3)15-28(29,23(31)32)16-19-12-13-20(36-24(33)26(4,5)6)21(14-19)37-25(34)27(7,8)9/h12-14,17-18H,10-11,15-16,29H2,1-9H3,(H,31,32)/t17?,18-,28?/m0/s1. The Morgan fingerprint density at radius 1 is 0.919 bits per heavy atom. The molecule has 1 aromatic carbocycles. The molecule has 0 heterocycles. The summed E-state index contributed by atoms with van der Waals surface area (Å²) >= 11 is 0. The van der Waals surface area contributed by atoms with Crippen LogP contribution in [0.5, 0.6) is 11.5 Å². The van der Waals surface area contributed by atoms with Gasteiger partial charge in [-0.1, -0.05) is 26.3 Å². The number of carbonyl (C=O) groups excluding carboxylic acids is 3. The lowest BCUT2D eigenvalue weighted by atomic mass is 9.86. The van der Waals surface area contributed by atoms with Gasteiger partial charge in [0.2, 0.25) is 0 Å². The summed E-state index contributed by atoms with van der Waals surface area (Å²) in [6.45, 7) is 15.4. The Bertz CT molecular complexity index is 989. The Morgan fingerprint density at radius 3 is 1.89 bits per heavy atom. The minimum absolute atomic E-state index is 0.0179. The molecule has 0 aliphatic heterocycles. The molecule has 2 unspecified atom stereocenters. The fraction of sp³-hybridized carbons (Fsp3) is 0.643. The summed E-state index contributed by atoms with van der Waals surface area (Å²) in [5.74, 6) is -3.04. The lowest BCUT2D eigenvalue weighted by Crippen LogP contribution is -2.52. The monoisotopic (exact) mass is 521 g/mol. The number of hydrogen-bond donors (Lipinski definition) is 2. The van der Waals surface area contributed by atoms with Crippen LogP contribution in [0.4, 0.5) is 0 Å². The summed E-state index contributed by atoms with van der Waals surface area (Å²) in [6, 6.07) is 4.45. The molecule has 0 aromatic heterocycles. The molecule has 0 bridgehead atoms.